The number of anilines is 2. The molecule has 0 saturated heterocycles. The van der Waals surface area contributed by atoms with Gasteiger partial charge in [0.1, 0.15) is 18.2 Å². The number of aromatic nitrogens is 2. The summed E-state index contributed by atoms with van der Waals surface area (Å²) in [6, 6.07) is 7.60. The zero-order valence-electron chi connectivity index (χ0n) is 8.48. The SMILES string of the molecule is N#Cc1cc(Br)ccc1Nc1ncncc1I. The van der Waals surface area contributed by atoms with Crippen molar-refractivity contribution in [2.45, 2.75) is 0 Å². The summed E-state index contributed by atoms with van der Waals surface area (Å²) in [6.07, 6.45) is 3.18. The van der Waals surface area contributed by atoms with Gasteiger partial charge in [0.05, 0.1) is 14.8 Å². The number of hydrogen-bond acceptors (Lipinski definition) is 4. The van der Waals surface area contributed by atoms with E-state index in [0.717, 1.165) is 13.7 Å². The Kier molecular flexibility index (Phi) is 3.91. The number of nitriles is 1. The monoisotopic (exact) mass is 400 g/mol. The molecular formula is C11H6BrIN4. The highest BCUT2D eigenvalue weighted by Crippen LogP contribution is 2.24. The van der Waals surface area contributed by atoms with Crippen LogP contribution in [-0.2, 0) is 0 Å². The van der Waals surface area contributed by atoms with Crippen molar-refractivity contribution in [1.29, 1.82) is 5.26 Å². The van der Waals surface area contributed by atoms with Crippen molar-refractivity contribution < 1.29 is 0 Å². The molecule has 0 radical (unpaired) electrons. The molecule has 4 nitrogen and oxygen atoms in total. The van der Waals surface area contributed by atoms with Crippen molar-refractivity contribution in [2.75, 3.05) is 5.32 Å². The van der Waals surface area contributed by atoms with Gasteiger partial charge in [-0.2, -0.15) is 5.26 Å². The Hall–Kier alpha value is -1.20. The van der Waals surface area contributed by atoms with E-state index >= 15 is 0 Å². The maximum Gasteiger partial charge on any atom is 0.147 e. The van der Waals surface area contributed by atoms with Gasteiger partial charge in [0.25, 0.3) is 0 Å². The summed E-state index contributed by atoms with van der Waals surface area (Å²) in [5.41, 5.74) is 1.29. The molecule has 1 N–H and O–H groups in total. The molecule has 0 saturated carbocycles. The first-order valence-corrected chi connectivity index (χ1v) is 6.50. The Morgan fingerprint density at radius 3 is 2.94 bits per heavy atom. The van der Waals surface area contributed by atoms with Crippen molar-refractivity contribution in [2.24, 2.45) is 0 Å². The predicted molar refractivity (Wildman–Crippen MR) is 76.9 cm³/mol. The van der Waals surface area contributed by atoms with Crippen molar-refractivity contribution in [3.63, 3.8) is 0 Å². The first kappa shape index (κ1) is 12.3. The normalized spacial score (nSPS) is 9.71. The number of rotatable bonds is 2. The van der Waals surface area contributed by atoms with E-state index < -0.39 is 0 Å². The largest absolute Gasteiger partial charge is 0.338 e. The maximum absolute atomic E-state index is 9.04. The van der Waals surface area contributed by atoms with Gasteiger partial charge < -0.3 is 5.32 Å². The lowest BCUT2D eigenvalue weighted by Crippen LogP contribution is -1.98. The van der Waals surface area contributed by atoms with E-state index in [9.17, 15) is 0 Å². The maximum atomic E-state index is 9.04. The number of nitrogens with one attached hydrogen (secondary N) is 1. The topological polar surface area (TPSA) is 61.6 Å². The van der Waals surface area contributed by atoms with Crippen LogP contribution in [0.2, 0.25) is 0 Å². The van der Waals surface area contributed by atoms with Crippen LogP contribution in [0, 0.1) is 14.9 Å². The fourth-order valence-corrected chi connectivity index (χ4v) is 2.05. The van der Waals surface area contributed by atoms with Gasteiger partial charge in [-0.1, -0.05) is 15.9 Å². The van der Waals surface area contributed by atoms with Crippen LogP contribution in [0.5, 0.6) is 0 Å². The van der Waals surface area contributed by atoms with Crippen molar-refractivity contribution >= 4 is 50.0 Å². The molecule has 0 aliphatic heterocycles. The van der Waals surface area contributed by atoms with Gasteiger partial charge in [-0.25, -0.2) is 9.97 Å². The highest BCUT2D eigenvalue weighted by Gasteiger charge is 2.06. The molecule has 0 amide bonds. The molecule has 0 atom stereocenters. The van der Waals surface area contributed by atoms with Crippen LogP contribution in [-0.4, -0.2) is 9.97 Å². The highest BCUT2D eigenvalue weighted by atomic mass is 127. The summed E-state index contributed by atoms with van der Waals surface area (Å²) < 4.78 is 1.77. The van der Waals surface area contributed by atoms with E-state index in [0.29, 0.717) is 11.4 Å². The quantitative estimate of drug-likeness (QED) is 0.784. The van der Waals surface area contributed by atoms with Gasteiger partial charge in [-0.15, -0.1) is 0 Å². The van der Waals surface area contributed by atoms with Gasteiger partial charge in [0, 0.05) is 10.7 Å². The summed E-state index contributed by atoms with van der Waals surface area (Å²) >= 11 is 5.47. The molecule has 0 unspecified atom stereocenters. The first-order valence-electron chi connectivity index (χ1n) is 4.63. The fourth-order valence-electron chi connectivity index (χ4n) is 1.25. The second-order valence-corrected chi connectivity index (χ2v) is 5.22. The lowest BCUT2D eigenvalue weighted by Gasteiger charge is -2.08. The van der Waals surface area contributed by atoms with Crippen LogP contribution < -0.4 is 5.32 Å². The van der Waals surface area contributed by atoms with Gasteiger partial charge in [0.15, 0.2) is 0 Å². The van der Waals surface area contributed by atoms with Crippen LogP contribution in [0.1, 0.15) is 5.56 Å². The second kappa shape index (κ2) is 5.42. The van der Waals surface area contributed by atoms with E-state index in [1.165, 1.54) is 6.33 Å². The van der Waals surface area contributed by atoms with Crippen LogP contribution in [0.15, 0.2) is 35.2 Å². The number of nitrogens with zero attached hydrogens (tertiary/aromatic N) is 3. The van der Waals surface area contributed by atoms with Gasteiger partial charge in [-0.3, -0.25) is 0 Å². The molecule has 0 bridgehead atoms. The number of halogens is 2. The molecule has 1 aromatic carbocycles. The minimum absolute atomic E-state index is 0.564. The molecule has 0 aliphatic carbocycles. The fraction of sp³-hybridized carbons (Fsp3) is 0. The zero-order valence-corrected chi connectivity index (χ0v) is 12.2. The van der Waals surface area contributed by atoms with E-state index in [1.54, 1.807) is 12.3 Å². The molecule has 17 heavy (non-hydrogen) atoms. The lowest BCUT2D eigenvalue weighted by molar-refractivity contribution is 1.15. The van der Waals surface area contributed by atoms with Crippen LogP contribution in [0.4, 0.5) is 11.5 Å². The Morgan fingerprint density at radius 1 is 1.41 bits per heavy atom. The summed E-state index contributed by atoms with van der Waals surface area (Å²) in [5, 5.41) is 12.2. The third-order valence-electron chi connectivity index (χ3n) is 2.02. The average molecular weight is 401 g/mol. The van der Waals surface area contributed by atoms with E-state index in [2.05, 4.69) is 59.9 Å². The summed E-state index contributed by atoms with van der Waals surface area (Å²) in [6.45, 7) is 0. The van der Waals surface area contributed by atoms with Crippen LogP contribution >= 0.6 is 38.5 Å². The van der Waals surface area contributed by atoms with Gasteiger partial charge in [0.2, 0.25) is 0 Å². The summed E-state index contributed by atoms with van der Waals surface area (Å²) in [7, 11) is 0. The third kappa shape index (κ3) is 2.92. The molecular weight excluding hydrogens is 395 g/mol. The van der Waals surface area contributed by atoms with Crippen molar-refractivity contribution in [3.05, 3.63) is 44.3 Å². The van der Waals surface area contributed by atoms with Gasteiger partial charge in [-0.05, 0) is 40.8 Å². The van der Waals surface area contributed by atoms with E-state index in [1.807, 2.05) is 12.1 Å². The predicted octanol–water partition coefficient (Wildman–Crippen LogP) is 3.46. The molecule has 84 valence electrons. The minimum atomic E-state index is 0.564. The summed E-state index contributed by atoms with van der Waals surface area (Å²) in [5.74, 6) is 0.694. The number of hydrogen-bond donors (Lipinski definition) is 1. The van der Waals surface area contributed by atoms with Crippen molar-refractivity contribution in [3.8, 4) is 6.07 Å². The third-order valence-corrected chi connectivity index (χ3v) is 3.31. The highest BCUT2D eigenvalue weighted by molar-refractivity contribution is 14.1. The standard InChI is InChI=1S/C11H6BrIN4/c12-8-1-2-10(7(3-8)4-14)17-11-9(13)5-15-6-16-11/h1-3,5-6H,(H,15,16,17). The molecule has 2 aromatic rings. The molecule has 1 aromatic heterocycles. The lowest BCUT2D eigenvalue weighted by atomic mass is 10.2. The Morgan fingerprint density at radius 2 is 2.24 bits per heavy atom. The molecule has 0 fully saturated rings. The molecule has 0 aliphatic rings. The smallest absolute Gasteiger partial charge is 0.147 e. The van der Waals surface area contributed by atoms with Crippen molar-refractivity contribution in [1.82, 2.24) is 9.97 Å². The minimum Gasteiger partial charge on any atom is -0.338 e. The Bertz CT molecular complexity index is 594. The Labute approximate surface area is 120 Å². The summed E-state index contributed by atoms with van der Waals surface area (Å²) in [4.78, 5) is 8.03. The van der Waals surface area contributed by atoms with Gasteiger partial charge >= 0.3 is 0 Å². The zero-order chi connectivity index (χ0) is 12.3. The Balaban J connectivity index is 2.37. The number of benzene rings is 1. The van der Waals surface area contributed by atoms with Crippen LogP contribution in [0.25, 0.3) is 0 Å². The van der Waals surface area contributed by atoms with E-state index in [4.69, 9.17) is 5.26 Å². The molecule has 2 rings (SSSR count). The van der Waals surface area contributed by atoms with E-state index in [-0.39, 0.29) is 0 Å². The second-order valence-electron chi connectivity index (χ2n) is 3.15. The first-order chi connectivity index (χ1) is 8.20. The molecule has 0 spiro atoms. The van der Waals surface area contributed by atoms with Crippen LogP contribution in [0.3, 0.4) is 0 Å². The average Bonchev–Trinajstić information content (AvgIpc) is 2.34. The molecule has 6 heteroatoms. The molecule has 1 heterocycles.